The van der Waals surface area contributed by atoms with Crippen LogP contribution >= 0.6 is 12.4 Å². The van der Waals surface area contributed by atoms with Crippen LogP contribution in [-0.4, -0.2) is 0 Å². The molecule has 1 nitrogen and oxygen atoms in total. The summed E-state index contributed by atoms with van der Waals surface area (Å²) in [5.74, 6) is 0.553. The summed E-state index contributed by atoms with van der Waals surface area (Å²) in [7, 11) is 0. The second-order valence-corrected chi connectivity index (χ2v) is 3.59. The van der Waals surface area contributed by atoms with Gasteiger partial charge in [0.05, 0.1) is 0 Å². The highest BCUT2D eigenvalue weighted by atomic mass is 35.5. The summed E-state index contributed by atoms with van der Waals surface area (Å²) in [6.07, 6.45) is 1.76. The minimum absolute atomic E-state index is 0. The molecule has 0 aromatic heterocycles. The molecular weight excluding hydrogens is 194 g/mol. The first-order valence-corrected chi connectivity index (χ1v) is 4.63. The Morgan fingerprint density at radius 1 is 1.29 bits per heavy atom. The number of benzene rings is 1. The van der Waals surface area contributed by atoms with Crippen LogP contribution in [0.5, 0.6) is 0 Å². The molecule has 0 heterocycles. The van der Waals surface area contributed by atoms with Gasteiger partial charge in [0.2, 0.25) is 0 Å². The summed E-state index contributed by atoms with van der Waals surface area (Å²) < 4.78 is 0. The van der Waals surface area contributed by atoms with Gasteiger partial charge in [-0.2, -0.15) is 0 Å². The maximum atomic E-state index is 5.85. The van der Waals surface area contributed by atoms with E-state index in [2.05, 4.69) is 32.6 Å². The quantitative estimate of drug-likeness (QED) is 0.762. The molecule has 0 radical (unpaired) electrons. The minimum Gasteiger partial charge on any atom is -0.321 e. The molecule has 1 aromatic rings. The van der Waals surface area contributed by atoms with E-state index in [1.165, 1.54) is 5.56 Å². The van der Waals surface area contributed by atoms with E-state index in [-0.39, 0.29) is 18.4 Å². The lowest BCUT2D eigenvalue weighted by molar-refractivity contribution is 0.849. The topological polar surface area (TPSA) is 26.0 Å². The highest BCUT2D eigenvalue weighted by molar-refractivity contribution is 5.85. The summed E-state index contributed by atoms with van der Waals surface area (Å²) in [6.45, 7) is 8.04. The molecule has 0 aliphatic heterocycles. The van der Waals surface area contributed by atoms with Crippen molar-refractivity contribution in [3.8, 4) is 0 Å². The number of hydrogen-bond donors (Lipinski definition) is 1. The smallest absolute Gasteiger partial charge is 0.0478 e. The standard InChI is InChI=1S/C12H17N.ClH/c1-4-12(13)11-7-5-6-10(8-11)9(2)3;/h4-9,12H,1,13H2,2-3H3;1H/t12-;/m1./s1. The fraction of sp³-hybridized carbons (Fsp3) is 0.333. The van der Waals surface area contributed by atoms with Crippen molar-refractivity contribution < 1.29 is 0 Å². The molecule has 14 heavy (non-hydrogen) atoms. The van der Waals surface area contributed by atoms with E-state index in [0.717, 1.165) is 5.56 Å². The largest absolute Gasteiger partial charge is 0.321 e. The van der Waals surface area contributed by atoms with Crippen LogP contribution in [-0.2, 0) is 0 Å². The Kier molecular flexibility index (Phi) is 5.51. The second kappa shape index (κ2) is 5.84. The fourth-order valence-corrected chi connectivity index (χ4v) is 1.26. The molecule has 2 N–H and O–H groups in total. The molecule has 2 heteroatoms. The maximum Gasteiger partial charge on any atom is 0.0478 e. The third kappa shape index (κ3) is 3.17. The highest BCUT2D eigenvalue weighted by Gasteiger charge is 2.03. The third-order valence-electron chi connectivity index (χ3n) is 2.22. The monoisotopic (exact) mass is 211 g/mol. The van der Waals surface area contributed by atoms with Crippen LogP contribution < -0.4 is 5.73 Å². The van der Waals surface area contributed by atoms with E-state index in [4.69, 9.17) is 5.73 Å². The number of nitrogens with two attached hydrogens (primary N) is 1. The lowest BCUT2D eigenvalue weighted by Gasteiger charge is -2.10. The molecule has 0 aliphatic carbocycles. The van der Waals surface area contributed by atoms with Crippen LogP contribution in [0.3, 0.4) is 0 Å². The lowest BCUT2D eigenvalue weighted by atomic mass is 9.98. The van der Waals surface area contributed by atoms with Gasteiger partial charge in [-0.1, -0.05) is 44.2 Å². The minimum atomic E-state index is -0.0429. The summed E-state index contributed by atoms with van der Waals surface area (Å²) >= 11 is 0. The normalized spacial score (nSPS) is 12.0. The molecular formula is C12H18ClN. The molecule has 0 aliphatic rings. The van der Waals surface area contributed by atoms with Crippen molar-refractivity contribution in [1.29, 1.82) is 0 Å². The average molecular weight is 212 g/mol. The van der Waals surface area contributed by atoms with E-state index in [1.54, 1.807) is 6.08 Å². The Bertz CT molecular complexity index is 294. The van der Waals surface area contributed by atoms with Gasteiger partial charge in [0.25, 0.3) is 0 Å². The van der Waals surface area contributed by atoms with Crippen LogP contribution in [0.15, 0.2) is 36.9 Å². The van der Waals surface area contributed by atoms with Gasteiger partial charge in [-0.05, 0) is 17.0 Å². The van der Waals surface area contributed by atoms with E-state index >= 15 is 0 Å². The van der Waals surface area contributed by atoms with E-state index in [9.17, 15) is 0 Å². The van der Waals surface area contributed by atoms with E-state index < -0.39 is 0 Å². The van der Waals surface area contributed by atoms with Gasteiger partial charge < -0.3 is 5.73 Å². The van der Waals surface area contributed by atoms with Crippen molar-refractivity contribution >= 4 is 12.4 Å². The molecule has 78 valence electrons. The Morgan fingerprint density at radius 3 is 2.36 bits per heavy atom. The molecule has 0 amide bonds. The zero-order valence-corrected chi connectivity index (χ0v) is 9.55. The Morgan fingerprint density at radius 2 is 1.86 bits per heavy atom. The van der Waals surface area contributed by atoms with Gasteiger partial charge in [-0.15, -0.1) is 19.0 Å². The molecule has 0 spiro atoms. The summed E-state index contributed by atoms with van der Waals surface area (Å²) in [5.41, 5.74) is 8.31. The molecule has 1 aromatic carbocycles. The maximum absolute atomic E-state index is 5.85. The Labute approximate surface area is 92.4 Å². The van der Waals surface area contributed by atoms with Crippen LogP contribution in [0, 0.1) is 0 Å². The van der Waals surface area contributed by atoms with E-state index in [1.807, 2.05) is 12.1 Å². The third-order valence-corrected chi connectivity index (χ3v) is 2.22. The van der Waals surface area contributed by atoms with Crippen LogP contribution in [0.4, 0.5) is 0 Å². The number of rotatable bonds is 3. The first-order chi connectivity index (χ1) is 6.15. The summed E-state index contributed by atoms with van der Waals surface area (Å²) in [4.78, 5) is 0. The first-order valence-electron chi connectivity index (χ1n) is 4.63. The Balaban J connectivity index is 0.00000169. The van der Waals surface area contributed by atoms with Gasteiger partial charge in [0, 0.05) is 6.04 Å². The zero-order valence-electron chi connectivity index (χ0n) is 8.73. The Hall–Kier alpha value is -0.790. The van der Waals surface area contributed by atoms with Gasteiger partial charge >= 0.3 is 0 Å². The highest BCUT2D eigenvalue weighted by Crippen LogP contribution is 2.19. The van der Waals surface area contributed by atoms with Crippen molar-refractivity contribution in [2.24, 2.45) is 5.73 Å². The van der Waals surface area contributed by atoms with Gasteiger partial charge in [-0.3, -0.25) is 0 Å². The van der Waals surface area contributed by atoms with Crippen molar-refractivity contribution in [2.75, 3.05) is 0 Å². The first kappa shape index (κ1) is 13.2. The van der Waals surface area contributed by atoms with Gasteiger partial charge in [0.1, 0.15) is 0 Å². The average Bonchev–Trinajstić information content (AvgIpc) is 2.17. The van der Waals surface area contributed by atoms with Crippen molar-refractivity contribution in [1.82, 2.24) is 0 Å². The number of hydrogen-bond acceptors (Lipinski definition) is 1. The van der Waals surface area contributed by atoms with Gasteiger partial charge in [-0.25, -0.2) is 0 Å². The summed E-state index contributed by atoms with van der Waals surface area (Å²) in [6, 6.07) is 8.33. The molecule has 0 saturated carbocycles. The number of halogens is 1. The molecule has 0 fully saturated rings. The predicted octanol–water partition coefficient (Wildman–Crippen LogP) is 3.42. The molecule has 1 atom stereocenters. The van der Waals surface area contributed by atoms with Crippen molar-refractivity contribution in [3.05, 3.63) is 48.0 Å². The molecule has 0 bridgehead atoms. The van der Waals surface area contributed by atoms with Crippen LogP contribution in [0.2, 0.25) is 0 Å². The molecule has 1 rings (SSSR count). The molecule has 0 unspecified atom stereocenters. The predicted molar refractivity (Wildman–Crippen MR) is 64.9 cm³/mol. The summed E-state index contributed by atoms with van der Waals surface area (Å²) in [5, 5.41) is 0. The molecule has 0 saturated heterocycles. The zero-order chi connectivity index (χ0) is 9.84. The van der Waals surface area contributed by atoms with Crippen LogP contribution in [0.1, 0.15) is 36.9 Å². The lowest BCUT2D eigenvalue weighted by Crippen LogP contribution is -2.06. The van der Waals surface area contributed by atoms with Crippen molar-refractivity contribution in [2.45, 2.75) is 25.8 Å². The van der Waals surface area contributed by atoms with Crippen molar-refractivity contribution in [3.63, 3.8) is 0 Å². The van der Waals surface area contributed by atoms with Crippen LogP contribution in [0.25, 0.3) is 0 Å². The second-order valence-electron chi connectivity index (χ2n) is 3.59. The van der Waals surface area contributed by atoms with E-state index in [0.29, 0.717) is 5.92 Å². The fourth-order valence-electron chi connectivity index (χ4n) is 1.26. The van der Waals surface area contributed by atoms with Gasteiger partial charge in [0.15, 0.2) is 0 Å². The SMILES string of the molecule is C=C[C@@H](N)c1cccc(C(C)C)c1.Cl.